The van der Waals surface area contributed by atoms with Crippen molar-refractivity contribution in [1.29, 1.82) is 0 Å². The van der Waals surface area contributed by atoms with E-state index in [9.17, 15) is 0 Å². The van der Waals surface area contributed by atoms with E-state index in [-0.39, 0.29) is 0 Å². The number of nitrogens with zero attached hydrogens (tertiary/aromatic N) is 3. The minimum atomic E-state index is 0.448. The standard InChI is InChI=1S/C22H31N5/c1-17-8-7-11-21(25-17)15-24-22(23-3)26-20-12-13-27(18(2)14-20)16-19-9-5-4-6-10-19/h4-11,18,20H,12-16H2,1-3H3,(H2,23,24,26). The van der Waals surface area contributed by atoms with Crippen LogP contribution in [0.4, 0.5) is 0 Å². The van der Waals surface area contributed by atoms with E-state index in [0.717, 1.165) is 43.3 Å². The number of aryl methyl sites for hydroxylation is 1. The van der Waals surface area contributed by atoms with Crippen molar-refractivity contribution in [3.8, 4) is 0 Å². The van der Waals surface area contributed by atoms with E-state index in [0.29, 0.717) is 18.6 Å². The fourth-order valence-corrected chi connectivity index (χ4v) is 3.66. The molecule has 2 atom stereocenters. The van der Waals surface area contributed by atoms with Gasteiger partial charge in [0.05, 0.1) is 12.2 Å². The molecule has 2 unspecified atom stereocenters. The summed E-state index contributed by atoms with van der Waals surface area (Å²) in [5.74, 6) is 0.854. The molecule has 27 heavy (non-hydrogen) atoms. The van der Waals surface area contributed by atoms with Crippen LogP contribution >= 0.6 is 0 Å². The van der Waals surface area contributed by atoms with Gasteiger partial charge in [0.25, 0.3) is 0 Å². The number of likely N-dealkylation sites (tertiary alicyclic amines) is 1. The summed E-state index contributed by atoms with van der Waals surface area (Å²) in [5, 5.41) is 6.98. The first kappa shape index (κ1) is 19.4. The Morgan fingerprint density at radius 3 is 2.70 bits per heavy atom. The van der Waals surface area contributed by atoms with Crippen LogP contribution in [0.1, 0.15) is 36.7 Å². The fraction of sp³-hybridized carbons (Fsp3) is 0.455. The predicted octanol–water partition coefficient (Wildman–Crippen LogP) is 3.11. The van der Waals surface area contributed by atoms with Crippen molar-refractivity contribution in [2.75, 3.05) is 13.6 Å². The monoisotopic (exact) mass is 365 g/mol. The Kier molecular flexibility index (Phi) is 6.82. The lowest BCUT2D eigenvalue weighted by Crippen LogP contribution is -2.51. The quantitative estimate of drug-likeness (QED) is 0.631. The smallest absolute Gasteiger partial charge is 0.191 e. The summed E-state index contributed by atoms with van der Waals surface area (Å²) >= 11 is 0. The highest BCUT2D eigenvalue weighted by Gasteiger charge is 2.25. The summed E-state index contributed by atoms with van der Waals surface area (Å²) in [5.41, 5.74) is 3.46. The summed E-state index contributed by atoms with van der Waals surface area (Å²) in [6, 6.07) is 17.8. The Morgan fingerprint density at radius 1 is 1.19 bits per heavy atom. The number of aromatic nitrogens is 1. The van der Waals surface area contributed by atoms with Gasteiger partial charge in [-0.1, -0.05) is 36.4 Å². The van der Waals surface area contributed by atoms with Crippen LogP contribution in [-0.4, -0.2) is 41.5 Å². The Balaban J connectivity index is 1.47. The van der Waals surface area contributed by atoms with Gasteiger partial charge in [0, 0.05) is 37.9 Å². The number of pyridine rings is 1. The topological polar surface area (TPSA) is 52.6 Å². The Bertz CT molecular complexity index is 743. The minimum absolute atomic E-state index is 0.448. The maximum Gasteiger partial charge on any atom is 0.191 e. The third-order valence-electron chi connectivity index (χ3n) is 5.19. The zero-order valence-corrected chi connectivity index (χ0v) is 16.7. The molecule has 2 N–H and O–H groups in total. The maximum atomic E-state index is 4.54. The van der Waals surface area contributed by atoms with Crippen molar-refractivity contribution in [3.63, 3.8) is 0 Å². The molecular weight excluding hydrogens is 334 g/mol. The fourth-order valence-electron chi connectivity index (χ4n) is 3.66. The number of hydrogen-bond acceptors (Lipinski definition) is 3. The van der Waals surface area contributed by atoms with E-state index in [1.807, 2.05) is 32.2 Å². The molecule has 3 rings (SSSR count). The Hall–Kier alpha value is -2.40. The molecule has 1 saturated heterocycles. The summed E-state index contributed by atoms with van der Waals surface area (Å²) in [4.78, 5) is 11.5. The molecule has 1 fully saturated rings. The van der Waals surface area contributed by atoms with Crippen molar-refractivity contribution in [2.24, 2.45) is 4.99 Å². The van der Waals surface area contributed by atoms with E-state index in [1.54, 1.807) is 0 Å². The van der Waals surface area contributed by atoms with Crippen LogP contribution in [0.15, 0.2) is 53.5 Å². The van der Waals surface area contributed by atoms with Gasteiger partial charge in [-0.05, 0) is 44.4 Å². The van der Waals surface area contributed by atoms with Crippen molar-refractivity contribution < 1.29 is 0 Å². The first-order valence-corrected chi connectivity index (χ1v) is 9.81. The van der Waals surface area contributed by atoms with Gasteiger partial charge in [-0.25, -0.2) is 0 Å². The van der Waals surface area contributed by atoms with Crippen LogP contribution < -0.4 is 10.6 Å². The SMILES string of the molecule is CN=C(NCc1cccc(C)n1)NC1CCN(Cc2ccccc2)C(C)C1. The van der Waals surface area contributed by atoms with Gasteiger partial charge in [-0.3, -0.25) is 14.9 Å². The minimum Gasteiger partial charge on any atom is -0.354 e. The highest BCUT2D eigenvalue weighted by atomic mass is 15.2. The molecule has 0 spiro atoms. The molecule has 1 aromatic carbocycles. The van der Waals surface area contributed by atoms with Crippen LogP contribution in [0.5, 0.6) is 0 Å². The van der Waals surface area contributed by atoms with Crippen molar-refractivity contribution in [3.05, 3.63) is 65.5 Å². The molecule has 2 heterocycles. The number of hydrogen-bond donors (Lipinski definition) is 2. The first-order chi connectivity index (χ1) is 13.1. The molecule has 0 saturated carbocycles. The van der Waals surface area contributed by atoms with E-state index in [4.69, 9.17) is 0 Å². The summed E-state index contributed by atoms with van der Waals surface area (Å²) in [6.07, 6.45) is 2.25. The maximum absolute atomic E-state index is 4.54. The number of nitrogens with one attached hydrogen (secondary N) is 2. The van der Waals surface area contributed by atoms with Crippen LogP contribution in [-0.2, 0) is 13.1 Å². The molecular formula is C22H31N5. The second-order valence-corrected chi connectivity index (χ2v) is 7.37. The molecule has 2 aromatic rings. The lowest BCUT2D eigenvalue weighted by atomic mass is 9.97. The molecule has 1 aliphatic heterocycles. The van der Waals surface area contributed by atoms with E-state index >= 15 is 0 Å². The van der Waals surface area contributed by atoms with Gasteiger partial charge in [-0.2, -0.15) is 0 Å². The van der Waals surface area contributed by atoms with Crippen molar-refractivity contribution in [1.82, 2.24) is 20.5 Å². The molecule has 0 radical (unpaired) electrons. The molecule has 1 aromatic heterocycles. The highest BCUT2D eigenvalue weighted by Crippen LogP contribution is 2.19. The van der Waals surface area contributed by atoms with Gasteiger partial charge < -0.3 is 10.6 Å². The van der Waals surface area contributed by atoms with Crippen LogP contribution in [0, 0.1) is 6.92 Å². The number of aliphatic imine (C=N–C) groups is 1. The third-order valence-corrected chi connectivity index (χ3v) is 5.19. The van der Waals surface area contributed by atoms with Gasteiger partial charge in [0.1, 0.15) is 0 Å². The zero-order chi connectivity index (χ0) is 19.1. The van der Waals surface area contributed by atoms with Gasteiger partial charge >= 0.3 is 0 Å². The Labute approximate surface area is 162 Å². The molecule has 0 bridgehead atoms. The second kappa shape index (κ2) is 9.51. The number of rotatable bonds is 5. The normalized spacial score (nSPS) is 21.1. The summed E-state index contributed by atoms with van der Waals surface area (Å²) < 4.78 is 0. The van der Waals surface area contributed by atoms with Gasteiger partial charge in [0.2, 0.25) is 0 Å². The van der Waals surface area contributed by atoms with Crippen LogP contribution in [0.25, 0.3) is 0 Å². The second-order valence-electron chi connectivity index (χ2n) is 7.37. The molecule has 0 aliphatic carbocycles. The van der Waals surface area contributed by atoms with Crippen molar-refractivity contribution >= 4 is 5.96 Å². The lowest BCUT2D eigenvalue weighted by molar-refractivity contribution is 0.134. The summed E-state index contributed by atoms with van der Waals surface area (Å²) in [6.45, 7) is 7.15. The first-order valence-electron chi connectivity index (χ1n) is 9.81. The molecule has 5 nitrogen and oxygen atoms in total. The molecule has 0 amide bonds. The number of benzene rings is 1. The van der Waals surface area contributed by atoms with Gasteiger partial charge in [0.15, 0.2) is 5.96 Å². The molecule has 1 aliphatic rings. The zero-order valence-electron chi connectivity index (χ0n) is 16.7. The van der Waals surface area contributed by atoms with E-state index < -0.39 is 0 Å². The molecule has 144 valence electrons. The van der Waals surface area contributed by atoms with Crippen molar-refractivity contribution in [2.45, 2.75) is 51.9 Å². The van der Waals surface area contributed by atoms with Crippen LogP contribution in [0.2, 0.25) is 0 Å². The number of guanidine groups is 1. The third kappa shape index (κ3) is 5.79. The number of piperidine rings is 1. The predicted molar refractivity (Wildman–Crippen MR) is 112 cm³/mol. The summed E-state index contributed by atoms with van der Waals surface area (Å²) in [7, 11) is 1.83. The molecule has 5 heteroatoms. The highest BCUT2D eigenvalue weighted by molar-refractivity contribution is 5.79. The Morgan fingerprint density at radius 2 is 2.00 bits per heavy atom. The average molecular weight is 366 g/mol. The average Bonchev–Trinajstić information content (AvgIpc) is 2.68. The lowest BCUT2D eigenvalue weighted by Gasteiger charge is -2.38. The van der Waals surface area contributed by atoms with E-state index in [2.05, 4.69) is 62.8 Å². The van der Waals surface area contributed by atoms with Gasteiger partial charge in [-0.15, -0.1) is 0 Å². The largest absolute Gasteiger partial charge is 0.354 e. The van der Waals surface area contributed by atoms with Crippen LogP contribution in [0.3, 0.4) is 0 Å². The van der Waals surface area contributed by atoms with E-state index in [1.165, 1.54) is 5.56 Å².